The molecule has 5 nitrogen and oxygen atoms in total. The maximum absolute atomic E-state index is 7.97. The molecule has 0 aliphatic carbocycles. The number of fused-ring (bicyclic) bond motifs is 4. The fourth-order valence-corrected chi connectivity index (χ4v) is 3.21. The highest BCUT2D eigenvalue weighted by molar-refractivity contribution is 6.10. The Morgan fingerprint density at radius 3 is 2.88 bits per heavy atom. The molecule has 0 unspecified atom stereocenters. The number of imidazole rings is 1. The van der Waals surface area contributed by atoms with Gasteiger partial charge in [0, 0.05) is 37.9 Å². The van der Waals surface area contributed by atoms with Gasteiger partial charge in [-0.15, -0.1) is 0 Å². The molecule has 4 heterocycles. The molecule has 0 fully saturated rings. The summed E-state index contributed by atoms with van der Waals surface area (Å²) in [6, 6.07) is 7.91. The highest BCUT2D eigenvalue weighted by Gasteiger charge is 2.19. The first-order chi connectivity index (χ1) is 14.6. The third kappa shape index (κ3) is 1.92. The fourth-order valence-electron chi connectivity index (χ4n) is 3.21. The molecule has 5 rings (SSSR count). The van der Waals surface area contributed by atoms with E-state index in [9.17, 15) is 0 Å². The van der Waals surface area contributed by atoms with Crippen molar-refractivity contribution in [2.45, 2.75) is 13.7 Å². The molecule has 0 aliphatic heterocycles. The van der Waals surface area contributed by atoms with Crippen molar-refractivity contribution >= 4 is 33.1 Å². The van der Waals surface area contributed by atoms with Crippen molar-refractivity contribution in [2.24, 2.45) is 7.05 Å². The molecule has 4 aromatic heterocycles. The monoisotopic (exact) mass is 334 g/mol. The van der Waals surface area contributed by atoms with Crippen molar-refractivity contribution in [3.63, 3.8) is 0 Å². The summed E-state index contributed by atoms with van der Waals surface area (Å²) in [5, 5.41) is 0.818. The number of hydrogen-bond donors (Lipinski definition) is 0. The number of pyridine rings is 2. The largest absolute Gasteiger partial charge is 0.437 e. The van der Waals surface area contributed by atoms with E-state index in [2.05, 4.69) is 15.0 Å². The Bertz CT molecular complexity index is 1480. The zero-order valence-electron chi connectivity index (χ0n) is 19.2. The molecule has 0 amide bonds. The van der Waals surface area contributed by atoms with E-state index >= 15 is 0 Å². The van der Waals surface area contributed by atoms with Gasteiger partial charge in [-0.25, -0.2) is 9.97 Å². The Morgan fingerprint density at radius 1 is 1.08 bits per heavy atom. The van der Waals surface area contributed by atoms with Crippen LogP contribution in [0.3, 0.4) is 0 Å². The molecule has 0 saturated carbocycles. The second-order valence-electron chi connectivity index (χ2n) is 5.87. The van der Waals surface area contributed by atoms with Gasteiger partial charge in [0.2, 0.25) is 5.71 Å². The van der Waals surface area contributed by atoms with Crippen LogP contribution >= 0.6 is 0 Å². The first kappa shape index (κ1) is 9.32. The van der Waals surface area contributed by atoms with Crippen LogP contribution in [0.4, 0.5) is 0 Å². The van der Waals surface area contributed by atoms with E-state index in [0.29, 0.717) is 27.7 Å². The van der Waals surface area contributed by atoms with Gasteiger partial charge in [0.25, 0.3) is 0 Å². The SMILES string of the molecule is [2H]C([2H])([2H])c1ccc2c(n1)oc1c(-c3nc4ccncc4n3C)ccc(C([2H])([2H])[2H])c12. The number of aromatic nitrogens is 4. The van der Waals surface area contributed by atoms with Gasteiger partial charge in [-0.1, -0.05) is 6.07 Å². The van der Waals surface area contributed by atoms with Gasteiger partial charge in [-0.05, 0) is 43.5 Å². The van der Waals surface area contributed by atoms with Gasteiger partial charge < -0.3 is 8.98 Å². The Kier molecular flexibility index (Phi) is 1.82. The molecule has 0 atom stereocenters. The summed E-state index contributed by atoms with van der Waals surface area (Å²) in [6.07, 6.45) is 3.34. The third-order valence-corrected chi connectivity index (χ3v) is 4.41. The molecule has 122 valence electrons. The van der Waals surface area contributed by atoms with Crippen LogP contribution in [0.15, 0.2) is 47.1 Å². The van der Waals surface area contributed by atoms with Crippen molar-refractivity contribution < 1.29 is 12.6 Å². The van der Waals surface area contributed by atoms with Gasteiger partial charge in [-0.2, -0.15) is 0 Å². The molecule has 5 aromatic rings. The maximum atomic E-state index is 7.97. The molecule has 25 heavy (non-hydrogen) atoms. The van der Waals surface area contributed by atoms with E-state index in [0.717, 1.165) is 11.0 Å². The summed E-state index contributed by atoms with van der Waals surface area (Å²) in [5.41, 5.74) is 2.48. The number of aryl methyl sites for hydroxylation is 3. The number of rotatable bonds is 1. The fraction of sp³-hybridized carbons (Fsp3) is 0.150. The summed E-state index contributed by atoms with van der Waals surface area (Å²) in [4.78, 5) is 13.0. The molecule has 1 aromatic carbocycles. The Balaban J connectivity index is 1.89. The van der Waals surface area contributed by atoms with Gasteiger partial charge in [0.15, 0.2) is 0 Å². The second kappa shape index (κ2) is 4.89. The highest BCUT2D eigenvalue weighted by atomic mass is 16.3. The van der Waals surface area contributed by atoms with Gasteiger partial charge in [0.05, 0.1) is 22.8 Å². The van der Waals surface area contributed by atoms with Gasteiger partial charge >= 0.3 is 0 Å². The average molecular weight is 334 g/mol. The van der Waals surface area contributed by atoms with Crippen molar-refractivity contribution in [1.82, 2.24) is 19.5 Å². The lowest BCUT2D eigenvalue weighted by Crippen LogP contribution is -1.93. The van der Waals surface area contributed by atoms with Crippen molar-refractivity contribution in [3.05, 3.63) is 54.0 Å². The van der Waals surface area contributed by atoms with Crippen LogP contribution in [0.1, 0.15) is 19.5 Å². The standard InChI is InChI=1S/C20H16N4O/c1-11-4-6-14(19-23-15-8-9-21-10-16(15)24(19)3)18-17(11)13-7-5-12(2)22-20(13)25-18/h4-10H,1-3H3/i1D3,2D3. The van der Waals surface area contributed by atoms with Gasteiger partial charge in [-0.3, -0.25) is 4.98 Å². The minimum atomic E-state index is -2.41. The summed E-state index contributed by atoms with van der Waals surface area (Å²) in [7, 11) is 1.84. The van der Waals surface area contributed by atoms with Crippen molar-refractivity contribution in [3.8, 4) is 11.4 Å². The van der Waals surface area contributed by atoms with Crippen LogP contribution in [0.5, 0.6) is 0 Å². The maximum Gasteiger partial charge on any atom is 0.227 e. The quantitative estimate of drug-likeness (QED) is 0.451. The first-order valence-corrected chi connectivity index (χ1v) is 7.70. The van der Waals surface area contributed by atoms with Crippen LogP contribution in [0.25, 0.3) is 44.5 Å². The molecule has 0 aliphatic rings. The van der Waals surface area contributed by atoms with E-state index in [1.807, 2.05) is 11.6 Å². The zero-order valence-corrected chi connectivity index (χ0v) is 13.2. The Hall–Kier alpha value is -3.21. The third-order valence-electron chi connectivity index (χ3n) is 4.41. The lowest BCUT2D eigenvalue weighted by atomic mass is 10.0. The van der Waals surface area contributed by atoms with Gasteiger partial charge in [0.1, 0.15) is 11.4 Å². The van der Waals surface area contributed by atoms with Crippen LogP contribution in [-0.4, -0.2) is 19.5 Å². The van der Waals surface area contributed by atoms with E-state index in [-0.39, 0.29) is 17.0 Å². The molecular formula is C20H16N4O. The van der Waals surface area contributed by atoms with Crippen molar-refractivity contribution in [2.75, 3.05) is 0 Å². The minimum Gasteiger partial charge on any atom is -0.437 e. The van der Waals surface area contributed by atoms with Crippen LogP contribution in [0.2, 0.25) is 0 Å². The lowest BCUT2D eigenvalue weighted by Gasteiger charge is -2.05. The predicted octanol–water partition coefficient (Wildman–Crippen LogP) is 4.55. The smallest absolute Gasteiger partial charge is 0.227 e. The molecule has 0 radical (unpaired) electrons. The highest BCUT2D eigenvalue weighted by Crippen LogP contribution is 2.37. The number of benzene rings is 1. The molecule has 0 spiro atoms. The second-order valence-corrected chi connectivity index (χ2v) is 5.87. The van der Waals surface area contributed by atoms with Crippen LogP contribution in [0, 0.1) is 13.7 Å². The van der Waals surface area contributed by atoms with Crippen LogP contribution < -0.4 is 0 Å². The zero-order chi connectivity index (χ0) is 22.1. The lowest BCUT2D eigenvalue weighted by molar-refractivity contribution is 0.653. The van der Waals surface area contributed by atoms with E-state index in [4.69, 9.17) is 12.6 Å². The van der Waals surface area contributed by atoms with E-state index in [1.165, 1.54) is 12.1 Å². The van der Waals surface area contributed by atoms with E-state index < -0.39 is 13.7 Å². The molecule has 5 heteroatoms. The normalized spacial score (nSPS) is 16.4. The molecule has 0 saturated heterocycles. The Morgan fingerprint density at radius 2 is 2.04 bits per heavy atom. The number of furan rings is 1. The topological polar surface area (TPSA) is 56.7 Å². The number of hydrogen-bond acceptors (Lipinski definition) is 4. The first-order valence-electron chi connectivity index (χ1n) is 10.7. The average Bonchev–Trinajstić information content (AvgIpc) is 3.24. The molecule has 0 N–H and O–H groups in total. The molecule has 0 bridgehead atoms. The number of nitrogens with zero attached hydrogens (tertiary/aromatic N) is 4. The summed E-state index contributed by atoms with van der Waals surface area (Å²) >= 11 is 0. The van der Waals surface area contributed by atoms with Crippen LogP contribution in [-0.2, 0) is 7.05 Å². The Labute approximate surface area is 152 Å². The summed E-state index contributed by atoms with van der Waals surface area (Å²) in [6.45, 7) is -4.81. The minimum absolute atomic E-state index is 0.0713. The predicted molar refractivity (Wildman–Crippen MR) is 98.5 cm³/mol. The molecular weight excluding hydrogens is 312 g/mol. The summed E-state index contributed by atoms with van der Waals surface area (Å²) in [5.74, 6) is 0.570. The van der Waals surface area contributed by atoms with E-state index in [1.54, 1.807) is 30.6 Å². The van der Waals surface area contributed by atoms with Crippen molar-refractivity contribution in [1.29, 1.82) is 0 Å². The summed E-state index contributed by atoms with van der Waals surface area (Å²) < 4.78 is 54.6.